The second kappa shape index (κ2) is 6.58. The highest BCUT2D eigenvalue weighted by atomic mass is 35.5. The first kappa shape index (κ1) is 15.2. The lowest BCUT2D eigenvalue weighted by Gasteiger charge is -2.05. The predicted octanol–water partition coefficient (Wildman–Crippen LogP) is 2.94. The number of halogens is 1. The van der Waals surface area contributed by atoms with Gasteiger partial charge in [0.2, 0.25) is 11.7 Å². The Labute approximate surface area is 138 Å². The van der Waals surface area contributed by atoms with Crippen molar-refractivity contribution in [3.05, 3.63) is 59.1 Å². The molecule has 1 N–H and O–H groups in total. The summed E-state index contributed by atoms with van der Waals surface area (Å²) in [6, 6.07) is 14.8. The highest BCUT2D eigenvalue weighted by Crippen LogP contribution is 2.20. The first-order valence-electron chi connectivity index (χ1n) is 7.01. The molecule has 6 nitrogen and oxygen atoms in total. The van der Waals surface area contributed by atoms with Crippen molar-refractivity contribution in [2.75, 3.05) is 5.32 Å². The highest BCUT2D eigenvalue weighted by Gasteiger charge is 2.10. The van der Waals surface area contributed by atoms with Crippen LogP contribution >= 0.6 is 11.6 Å². The molecule has 7 heteroatoms. The summed E-state index contributed by atoms with van der Waals surface area (Å²) >= 11 is 6.00. The van der Waals surface area contributed by atoms with Gasteiger partial charge in [-0.05, 0) is 24.3 Å². The van der Waals surface area contributed by atoms with Crippen molar-refractivity contribution in [1.82, 2.24) is 20.2 Å². The summed E-state index contributed by atoms with van der Waals surface area (Å²) in [6.07, 6.45) is 0. The summed E-state index contributed by atoms with van der Waals surface area (Å²) < 4.78 is 0. The molecule has 0 radical (unpaired) electrons. The molecule has 0 atom stereocenters. The molecule has 116 valence electrons. The van der Waals surface area contributed by atoms with Gasteiger partial charge in [0.25, 0.3) is 0 Å². The molecule has 0 aliphatic rings. The van der Waals surface area contributed by atoms with Crippen molar-refractivity contribution >= 4 is 23.2 Å². The number of para-hydroxylation sites is 1. The van der Waals surface area contributed by atoms with E-state index in [1.54, 1.807) is 24.3 Å². The first-order chi connectivity index (χ1) is 11.1. The molecule has 0 saturated heterocycles. The average Bonchev–Trinajstić information content (AvgIpc) is 2.98. The fourth-order valence-corrected chi connectivity index (χ4v) is 2.19. The van der Waals surface area contributed by atoms with E-state index in [0.29, 0.717) is 16.5 Å². The Morgan fingerprint density at radius 3 is 2.65 bits per heavy atom. The van der Waals surface area contributed by atoms with Crippen molar-refractivity contribution in [2.24, 2.45) is 0 Å². The monoisotopic (exact) mass is 327 g/mol. The van der Waals surface area contributed by atoms with Crippen LogP contribution in [0, 0.1) is 6.92 Å². The predicted molar refractivity (Wildman–Crippen MR) is 88.1 cm³/mol. The lowest BCUT2D eigenvalue weighted by atomic mass is 10.1. The summed E-state index contributed by atoms with van der Waals surface area (Å²) in [7, 11) is 0. The quantitative estimate of drug-likeness (QED) is 0.799. The average molecular weight is 328 g/mol. The number of benzene rings is 2. The zero-order chi connectivity index (χ0) is 16.2. The van der Waals surface area contributed by atoms with Crippen LogP contribution in [0.15, 0.2) is 48.5 Å². The minimum atomic E-state index is -0.272. The lowest BCUT2D eigenvalue weighted by Crippen LogP contribution is -2.20. The third-order valence-electron chi connectivity index (χ3n) is 3.20. The summed E-state index contributed by atoms with van der Waals surface area (Å²) in [6.45, 7) is 1.97. The van der Waals surface area contributed by atoms with Crippen molar-refractivity contribution < 1.29 is 4.79 Å². The van der Waals surface area contributed by atoms with Crippen molar-refractivity contribution in [2.45, 2.75) is 13.5 Å². The number of aromatic nitrogens is 4. The number of anilines is 1. The summed E-state index contributed by atoms with van der Waals surface area (Å²) in [5, 5.41) is 15.3. The summed E-state index contributed by atoms with van der Waals surface area (Å²) in [5.41, 5.74) is 2.56. The number of carbonyl (C=O) groups is 1. The van der Waals surface area contributed by atoms with Gasteiger partial charge in [0.05, 0.1) is 10.7 Å². The van der Waals surface area contributed by atoms with Crippen LogP contribution in [-0.4, -0.2) is 26.1 Å². The maximum absolute atomic E-state index is 12.0. The number of nitrogens with zero attached hydrogens (tertiary/aromatic N) is 4. The summed E-state index contributed by atoms with van der Waals surface area (Å²) in [4.78, 5) is 13.3. The summed E-state index contributed by atoms with van der Waals surface area (Å²) in [5.74, 6) is 0.210. The Morgan fingerprint density at radius 2 is 1.91 bits per heavy atom. The molecule has 0 spiro atoms. The van der Waals surface area contributed by atoms with Gasteiger partial charge in [0.1, 0.15) is 6.54 Å². The van der Waals surface area contributed by atoms with Crippen LogP contribution in [0.2, 0.25) is 5.02 Å². The van der Waals surface area contributed by atoms with Gasteiger partial charge >= 0.3 is 0 Å². The minimum absolute atomic E-state index is 0.0376. The Balaban J connectivity index is 1.68. The number of nitrogens with one attached hydrogen (secondary N) is 1. The van der Waals surface area contributed by atoms with E-state index >= 15 is 0 Å². The Morgan fingerprint density at radius 1 is 1.17 bits per heavy atom. The van der Waals surface area contributed by atoms with Crippen LogP contribution in [0.4, 0.5) is 5.69 Å². The third-order valence-corrected chi connectivity index (χ3v) is 3.53. The molecule has 1 amide bonds. The van der Waals surface area contributed by atoms with Gasteiger partial charge in [0.15, 0.2) is 0 Å². The molecule has 0 bridgehead atoms. The van der Waals surface area contributed by atoms with Gasteiger partial charge in [-0.2, -0.15) is 4.80 Å². The molecular weight excluding hydrogens is 314 g/mol. The molecule has 0 unspecified atom stereocenters. The second-order valence-corrected chi connectivity index (χ2v) is 5.44. The topological polar surface area (TPSA) is 72.7 Å². The van der Waals surface area contributed by atoms with E-state index in [-0.39, 0.29) is 12.5 Å². The molecule has 1 aromatic heterocycles. The van der Waals surface area contributed by atoms with Gasteiger partial charge in [-0.25, -0.2) is 0 Å². The number of rotatable bonds is 4. The van der Waals surface area contributed by atoms with Crippen LogP contribution in [0.1, 0.15) is 5.56 Å². The minimum Gasteiger partial charge on any atom is -0.323 e. The molecule has 23 heavy (non-hydrogen) atoms. The number of tetrazole rings is 1. The van der Waals surface area contributed by atoms with Crippen LogP contribution in [0.3, 0.4) is 0 Å². The van der Waals surface area contributed by atoms with Crippen molar-refractivity contribution in [3.8, 4) is 11.4 Å². The molecule has 2 aromatic carbocycles. The van der Waals surface area contributed by atoms with E-state index in [1.807, 2.05) is 31.2 Å². The molecule has 3 aromatic rings. The number of amides is 1. The maximum Gasteiger partial charge on any atom is 0.248 e. The Kier molecular flexibility index (Phi) is 4.34. The smallest absolute Gasteiger partial charge is 0.248 e. The van der Waals surface area contributed by atoms with E-state index < -0.39 is 0 Å². The van der Waals surface area contributed by atoms with E-state index in [9.17, 15) is 4.79 Å². The zero-order valence-electron chi connectivity index (χ0n) is 12.4. The fraction of sp³-hybridized carbons (Fsp3) is 0.125. The van der Waals surface area contributed by atoms with Crippen LogP contribution < -0.4 is 5.32 Å². The number of hydrogen-bond donors (Lipinski definition) is 1. The molecule has 0 saturated carbocycles. The number of aryl methyl sites for hydroxylation is 1. The van der Waals surface area contributed by atoms with E-state index in [1.165, 1.54) is 4.80 Å². The maximum atomic E-state index is 12.0. The largest absolute Gasteiger partial charge is 0.323 e. The van der Waals surface area contributed by atoms with Gasteiger partial charge in [-0.15, -0.1) is 10.2 Å². The standard InChI is InChI=1S/C16H14ClN5O/c1-11-6-8-12(9-7-11)16-19-21-22(20-16)10-15(23)18-14-5-3-2-4-13(14)17/h2-9H,10H2,1H3,(H,18,23). The molecule has 0 aliphatic heterocycles. The van der Waals surface area contributed by atoms with Crippen LogP contribution in [-0.2, 0) is 11.3 Å². The van der Waals surface area contributed by atoms with Crippen molar-refractivity contribution in [1.29, 1.82) is 0 Å². The third kappa shape index (κ3) is 3.73. The van der Waals surface area contributed by atoms with Crippen LogP contribution in [0.25, 0.3) is 11.4 Å². The highest BCUT2D eigenvalue weighted by molar-refractivity contribution is 6.33. The first-order valence-corrected chi connectivity index (χ1v) is 7.39. The van der Waals surface area contributed by atoms with Gasteiger partial charge in [0, 0.05) is 5.56 Å². The lowest BCUT2D eigenvalue weighted by molar-refractivity contribution is -0.117. The Bertz CT molecular complexity index is 828. The second-order valence-electron chi connectivity index (χ2n) is 5.04. The van der Waals surface area contributed by atoms with E-state index in [0.717, 1.165) is 11.1 Å². The number of hydrogen-bond acceptors (Lipinski definition) is 4. The van der Waals surface area contributed by atoms with Gasteiger partial charge in [-0.3, -0.25) is 4.79 Å². The molecular formula is C16H14ClN5O. The normalized spacial score (nSPS) is 10.5. The molecule has 0 aliphatic carbocycles. The SMILES string of the molecule is Cc1ccc(-c2nnn(CC(=O)Nc3ccccc3Cl)n2)cc1. The van der Waals surface area contributed by atoms with E-state index in [2.05, 4.69) is 20.7 Å². The van der Waals surface area contributed by atoms with Gasteiger partial charge < -0.3 is 5.32 Å². The molecule has 1 heterocycles. The Hall–Kier alpha value is -2.73. The number of carbonyl (C=O) groups excluding carboxylic acids is 1. The molecule has 0 fully saturated rings. The van der Waals surface area contributed by atoms with Gasteiger partial charge in [-0.1, -0.05) is 53.6 Å². The van der Waals surface area contributed by atoms with Crippen molar-refractivity contribution in [3.63, 3.8) is 0 Å². The molecule has 3 rings (SSSR count). The zero-order valence-corrected chi connectivity index (χ0v) is 13.2. The fourth-order valence-electron chi connectivity index (χ4n) is 2.01. The van der Waals surface area contributed by atoms with Crippen LogP contribution in [0.5, 0.6) is 0 Å². The van der Waals surface area contributed by atoms with E-state index in [4.69, 9.17) is 11.6 Å².